The molecule has 21 heavy (non-hydrogen) atoms. The van der Waals surface area contributed by atoms with Crippen LogP contribution in [0.2, 0.25) is 0 Å². The maximum Gasteiger partial charge on any atom is 0.305 e. The minimum Gasteiger partial charge on any atom is -0.481 e. The Labute approximate surface area is 129 Å². The highest BCUT2D eigenvalue weighted by molar-refractivity contribution is 5.67. The summed E-state index contributed by atoms with van der Waals surface area (Å²) in [5, 5.41) is 8.90. The number of aliphatic carboxylic acids is 1. The quantitative estimate of drug-likeness (QED) is 0.610. The van der Waals surface area contributed by atoms with Gasteiger partial charge in [-0.2, -0.15) is 0 Å². The molecular formula is C18H29NO2. The summed E-state index contributed by atoms with van der Waals surface area (Å²) >= 11 is 0. The highest BCUT2D eigenvalue weighted by atomic mass is 16.4. The Morgan fingerprint density at radius 3 is 2.24 bits per heavy atom. The van der Waals surface area contributed by atoms with E-state index in [9.17, 15) is 4.79 Å². The van der Waals surface area contributed by atoms with Gasteiger partial charge in [0, 0.05) is 18.8 Å². The van der Waals surface area contributed by atoms with Crippen molar-refractivity contribution >= 4 is 11.7 Å². The highest BCUT2D eigenvalue weighted by Gasteiger charge is 2.08. The number of carboxylic acids is 1. The molecule has 3 nitrogen and oxygen atoms in total. The van der Waals surface area contributed by atoms with E-state index in [1.807, 2.05) is 0 Å². The third-order valence-electron chi connectivity index (χ3n) is 3.75. The first kappa shape index (κ1) is 17.5. The Bertz CT molecular complexity index is 400. The summed E-state index contributed by atoms with van der Waals surface area (Å²) in [5.74, 6) is -0.727. The number of anilines is 1. The van der Waals surface area contributed by atoms with E-state index >= 15 is 0 Å². The average Bonchev–Trinajstić information content (AvgIpc) is 2.49. The zero-order valence-corrected chi connectivity index (χ0v) is 13.5. The van der Waals surface area contributed by atoms with Crippen LogP contribution in [0.25, 0.3) is 0 Å². The van der Waals surface area contributed by atoms with Crippen LogP contribution in [0.1, 0.15) is 57.9 Å². The molecule has 0 bridgehead atoms. The zero-order valence-electron chi connectivity index (χ0n) is 13.5. The summed E-state index contributed by atoms with van der Waals surface area (Å²) in [6, 6.07) is 8.63. The molecule has 0 aliphatic carbocycles. The van der Waals surface area contributed by atoms with Crippen molar-refractivity contribution in [1.82, 2.24) is 0 Å². The zero-order chi connectivity index (χ0) is 15.5. The smallest absolute Gasteiger partial charge is 0.305 e. The van der Waals surface area contributed by atoms with Crippen molar-refractivity contribution < 1.29 is 9.90 Å². The summed E-state index contributed by atoms with van der Waals surface area (Å²) < 4.78 is 0. The lowest BCUT2D eigenvalue weighted by atomic mass is 10.1. The molecule has 0 heterocycles. The molecule has 1 N–H and O–H groups in total. The lowest BCUT2D eigenvalue weighted by molar-refractivity contribution is -0.136. The van der Waals surface area contributed by atoms with E-state index < -0.39 is 5.97 Å². The Hall–Kier alpha value is -1.51. The second kappa shape index (κ2) is 10.3. The molecule has 0 aliphatic heterocycles. The molecule has 0 radical (unpaired) electrons. The van der Waals surface area contributed by atoms with Crippen molar-refractivity contribution in [3.63, 3.8) is 0 Å². The van der Waals surface area contributed by atoms with Crippen LogP contribution in [-0.2, 0) is 11.2 Å². The molecule has 1 aromatic carbocycles. The van der Waals surface area contributed by atoms with Gasteiger partial charge in [-0.3, -0.25) is 4.79 Å². The fourth-order valence-corrected chi connectivity index (χ4v) is 2.41. The molecule has 118 valence electrons. The van der Waals surface area contributed by atoms with Crippen molar-refractivity contribution in [2.75, 3.05) is 18.0 Å². The van der Waals surface area contributed by atoms with Gasteiger partial charge in [0.15, 0.2) is 0 Å². The van der Waals surface area contributed by atoms with Gasteiger partial charge in [0.05, 0.1) is 6.42 Å². The maximum atomic E-state index is 10.8. The first-order chi connectivity index (χ1) is 10.2. The lowest BCUT2D eigenvalue weighted by Crippen LogP contribution is -2.27. The minimum atomic E-state index is -0.727. The molecule has 0 saturated carbocycles. The van der Waals surface area contributed by atoms with Gasteiger partial charge in [-0.25, -0.2) is 0 Å². The van der Waals surface area contributed by atoms with Crippen LogP contribution in [0.5, 0.6) is 0 Å². The first-order valence-corrected chi connectivity index (χ1v) is 8.23. The predicted octanol–water partition coefficient (Wildman–Crippen LogP) is 4.50. The Kier molecular flexibility index (Phi) is 8.56. The SMILES string of the molecule is CCCCCN(CCC(=O)O)c1ccc(CCCC)cc1. The van der Waals surface area contributed by atoms with Gasteiger partial charge in [-0.15, -0.1) is 0 Å². The summed E-state index contributed by atoms with van der Waals surface area (Å²) in [5.41, 5.74) is 2.51. The molecule has 0 saturated heterocycles. The summed E-state index contributed by atoms with van der Waals surface area (Å²) in [7, 11) is 0. The molecule has 0 unspecified atom stereocenters. The molecular weight excluding hydrogens is 262 g/mol. The number of hydrogen-bond donors (Lipinski definition) is 1. The molecule has 0 amide bonds. The van der Waals surface area contributed by atoms with Crippen LogP contribution in [-0.4, -0.2) is 24.2 Å². The van der Waals surface area contributed by atoms with E-state index in [1.54, 1.807) is 0 Å². The van der Waals surface area contributed by atoms with E-state index in [4.69, 9.17) is 5.11 Å². The maximum absolute atomic E-state index is 10.8. The second-order valence-corrected chi connectivity index (χ2v) is 5.61. The third-order valence-corrected chi connectivity index (χ3v) is 3.75. The van der Waals surface area contributed by atoms with Crippen LogP contribution < -0.4 is 4.90 Å². The number of benzene rings is 1. The number of carboxylic acid groups (broad SMARTS) is 1. The van der Waals surface area contributed by atoms with E-state index in [-0.39, 0.29) is 6.42 Å². The largest absolute Gasteiger partial charge is 0.481 e. The molecule has 0 aromatic heterocycles. The van der Waals surface area contributed by atoms with Gasteiger partial charge in [-0.1, -0.05) is 45.2 Å². The van der Waals surface area contributed by atoms with Crippen molar-refractivity contribution in [3.05, 3.63) is 29.8 Å². The fourth-order valence-electron chi connectivity index (χ4n) is 2.41. The van der Waals surface area contributed by atoms with Crippen LogP contribution >= 0.6 is 0 Å². The van der Waals surface area contributed by atoms with E-state index in [0.29, 0.717) is 6.54 Å². The summed E-state index contributed by atoms with van der Waals surface area (Å²) in [6.07, 6.45) is 7.25. The van der Waals surface area contributed by atoms with Crippen molar-refractivity contribution in [1.29, 1.82) is 0 Å². The predicted molar refractivity (Wildman–Crippen MR) is 89.0 cm³/mol. The van der Waals surface area contributed by atoms with Gasteiger partial charge in [0.1, 0.15) is 0 Å². The van der Waals surface area contributed by atoms with E-state index in [1.165, 1.54) is 31.2 Å². The third kappa shape index (κ3) is 7.16. The van der Waals surface area contributed by atoms with Gasteiger partial charge >= 0.3 is 5.97 Å². The van der Waals surface area contributed by atoms with Gasteiger partial charge in [-0.05, 0) is 37.0 Å². The molecule has 1 aromatic rings. The van der Waals surface area contributed by atoms with Crippen LogP contribution in [0.15, 0.2) is 24.3 Å². The summed E-state index contributed by atoms with van der Waals surface area (Å²) in [4.78, 5) is 13.0. The monoisotopic (exact) mass is 291 g/mol. The Morgan fingerprint density at radius 2 is 1.67 bits per heavy atom. The standard InChI is InChI=1S/C18H29NO2/c1-3-5-7-14-19(15-13-18(20)21)17-11-9-16(10-12-17)8-6-4-2/h9-12H,3-8,13-15H2,1-2H3,(H,20,21). The molecule has 0 atom stereocenters. The lowest BCUT2D eigenvalue weighted by Gasteiger charge is -2.24. The Balaban J connectivity index is 2.64. The topological polar surface area (TPSA) is 40.5 Å². The van der Waals surface area contributed by atoms with Crippen LogP contribution in [0.3, 0.4) is 0 Å². The molecule has 0 fully saturated rings. The van der Waals surface area contributed by atoms with Crippen molar-refractivity contribution in [2.24, 2.45) is 0 Å². The van der Waals surface area contributed by atoms with Crippen molar-refractivity contribution in [3.8, 4) is 0 Å². The number of unbranched alkanes of at least 4 members (excludes halogenated alkanes) is 3. The number of nitrogens with zero attached hydrogens (tertiary/aromatic N) is 1. The molecule has 1 rings (SSSR count). The van der Waals surface area contributed by atoms with Crippen LogP contribution in [0, 0.1) is 0 Å². The van der Waals surface area contributed by atoms with Crippen LogP contribution in [0.4, 0.5) is 5.69 Å². The molecule has 0 spiro atoms. The van der Waals surface area contributed by atoms with E-state index in [0.717, 1.165) is 25.1 Å². The normalized spacial score (nSPS) is 10.6. The number of hydrogen-bond acceptors (Lipinski definition) is 2. The van der Waals surface area contributed by atoms with Gasteiger partial charge < -0.3 is 10.0 Å². The number of carbonyl (C=O) groups is 1. The average molecular weight is 291 g/mol. The van der Waals surface area contributed by atoms with Gasteiger partial charge in [0.2, 0.25) is 0 Å². The number of aryl methyl sites for hydroxylation is 1. The highest BCUT2D eigenvalue weighted by Crippen LogP contribution is 2.18. The Morgan fingerprint density at radius 1 is 1.00 bits per heavy atom. The van der Waals surface area contributed by atoms with Crippen molar-refractivity contribution in [2.45, 2.75) is 58.8 Å². The number of rotatable bonds is 11. The first-order valence-electron chi connectivity index (χ1n) is 8.23. The van der Waals surface area contributed by atoms with E-state index in [2.05, 4.69) is 43.0 Å². The fraction of sp³-hybridized carbons (Fsp3) is 0.611. The molecule has 0 aliphatic rings. The minimum absolute atomic E-state index is 0.198. The molecule has 3 heteroatoms. The second-order valence-electron chi connectivity index (χ2n) is 5.61. The van der Waals surface area contributed by atoms with Gasteiger partial charge in [0.25, 0.3) is 0 Å². The summed E-state index contributed by atoms with van der Waals surface area (Å²) in [6.45, 7) is 5.92.